The van der Waals surface area contributed by atoms with Crippen LogP contribution in [0.4, 0.5) is 0 Å². The second-order valence-electron chi connectivity index (χ2n) is 4.18. The number of hydrogen-bond acceptors (Lipinski definition) is 1. The van der Waals surface area contributed by atoms with Gasteiger partial charge in [-0.3, -0.25) is 6.08 Å². The van der Waals surface area contributed by atoms with E-state index < -0.39 is 5.91 Å². The SMILES string of the molecule is C[SiH]C.Cc1cccc(C)c1C([NH-])=O.[C-]1=CC=CC1.[Cl-].[Cl-].[Hf+4]. The zero-order valence-corrected chi connectivity index (χ0v) is 19.7. The molecule has 2 nitrogen and oxygen atoms in total. The molecule has 1 aliphatic carbocycles. The van der Waals surface area contributed by atoms with Crippen molar-refractivity contribution in [1.29, 1.82) is 0 Å². The van der Waals surface area contributed by atoms with Gasteiger partial charge >= 0.3 is 25.8 Å². The molecule has 1 N–H and O–H groups in total. The van der Waals surface area contributed by atoms with E-state index in [-0.39, 0.29) is 50.7 Å². The summed E-state index contributed by atoms with van der Waals surface area (Å²) < 4.78 is 0. The summed E-state index contributed by atoms with van der Waals surface area (Å²) in [5.74, 6) is -0.597. The maximum absolute atomic E-state index is 10.8. The van der Waals surface area contributed by atoms with E-state index >= 15 is 0 Å². The van der Waals surface area contributed by atoms with E-state index in [9.17, 15) is 4.79 Å². The quantitative estimate of drug-likeness (QED) is 0.322. The molecule has 1 aliphatic rings. The van der Waals surface area contributed by atoms with E-state index in [2.05, 4.69) is 25.2 Å². The minimum absolute atomic E-state index is 0. The van der Waals surface area contributed by atoms with Crippen molar-refractivity contribution in [1.82, 2.24) is 0 Å². The summed E-state index contributed by atoms with van der Waals surface area (Å²) in [6.07, 6.45) is 10.0. The number of amides is 1. The summed E-state index contributed by atoms with van der Waals surface area (Å²) in [6.45, 7) is 8.10. The van der Waals surface area contributed by atoms with Crippen LogP contribution in [0.5, 0.6) is 0 Å². The summed E-state index contributed by atoms with van der Waals surface area (Å²) in [6, 6.07) is 5.57. The van der Waals surface area contributed by atoms with Crippen molar-refractivity contribution in [3.63, 3.8) is 0 Å². The number of aryl methyl sites for hydroxylation is 2. The van der Waals surface area contributed by atoms with Crippen LogP contribution in [0.2, 0.25) is 13.1 Å². The van der Waals surface area contributed by atoms with Gasteiger partial charge in [-0.25, -0.2) is 12.2 Å². The fourth-order valence-electron chi connectivity index (χ4n) is 1.51. The summed E-state index contributed by atoms with van der Waals surface area (Å²) in [7, 11) is 0.750. The first-order valence-electron chi connectivity index (χ1n) is 6.32. The van der Waals surface area contributed by atoms with Crippen molar-refractivity contribution in [3.8, 4) is 0 Å². The predicted octanol–water partition coefficient (Wildman–Crippen LogP) is -1.67. The third-order valence-corrected chi connectivity index (χ3v) is 2.29. The molecular formula is C16H22Cl2HfNOSi. The normalized spacial score (nSPS) is 9.64. The van der Waals surface area contributed by atoms with Gasteiger partial charge in [-0.1, -0.05) is 31.3 Å². The van der Waals surface area contributed by atoms with Gasteiger partial charge in [0, 0.05) is 15.1 Å². The van der Waals surface area contributed by atoms with E-state index in [1.807, 2.05) is 44.2 Å². The van der Waals surface area contributed by atoms with Crippen molar-refractivity contribution < 1.29 is 55.5 Å². The maximum Gasteiger partial charge on any atom is 4.00 e. The molecule has 0 aliphatic heterocycles. The number of allylic oxidation sites excluding steroid dienone is 4. The monoisotopic (exact) mass is 522 g/mol. The minimum Gasteiger partial charge on any atom is -1.00 e. The standard InChI is InChI=1S/C9H11NO.C5H5.C2H7Si.2ClH.Hf/c1-6-4-3-5-7(2)8(6)9(10)11;1-2-4-5-3-1;1-3-2;;;/h3-5H,1-2H3,(H2,10,11);1-3H,4H2;3H,1-2H3;2*1H;/q;-1;;;;+4/p-3. The van der Waals surface area contributed by atoms with Gasteiger partial charge in [-0.15, -0.1) is 6.42 Å². The summed E-state index contributed by atoms with van der Waals surface area (Å²) in [5, 5.41) is 0. The number of carbonyl (C=O) groups is 1. The molecular weight excluding hydrogens is 500 g/mol. The molecule has 0 spiro atoms. The number of halogens is 2. The van der Waals surface area contributed by atoms with E-state index in [1.165, 1.54) is 0 Å². The molecule has 0 atom stereocenters. The van der Waals surface area contributed by atoms with Crippen LogP contribution in [0, 0.1) is 19.9 Å². The Balaban J connectivity index is -0.000000126. The average molecular weight is 522 g/mol. The molecule has 0 saturated heterocycles. The Hall–Kier alpha value is -0.163. The zero-order valence-electron chi connectivity index (χ0n) is 13.4. The molecule has 0 bridgehead atoms. The Morgan fingerprint density at radius 1 is 1.18 bits per heavy atom. The number of nitrogens with one attached hydrogen (secondary N) is 1. The number of benzene rings is 1. The van der Waals surface area contributed by atoms with E-state index in [1.54, 1.807) is 0 Å². The molecule has 0 fully saturated rings. The Kier molecular flexibility index (Phi) is 25.6. The topological polar surface area (TPSA) is 40.9 Å². The van der Waals surface area contributed by atoms with Gasteiger partial charge in [0.15, 0.2) is 0 Å². The van der Waals surface area contributed by atoms with Crippen LogP contribution in [0.3, 0.4) is 0 Å². The number of rotatable bonds is 1. The Morgan fingerprint density at radius 3 is 1.82 bits per heavy atom. The van der Waals surface area contributed by atoms with Crippen LogP contribution in [-0.4, -0.2) is 15.4 Å². The molecule has 1 aromatic carbocycles. The smallest absolute Gasteiger partial charge is 1.00 e. The predicted molar refractivity (Wildman–Crippen MR) is 85.0 cm³/mol. The third-order valence-electron chi connectivity index (χ3n) is 2.29. The molecule has 2 rings (SSSR count). The fraction of sp³-hybridized carbons (Fsp3) is 0.312. The van der Waals surface area contributed by atoms with Gasteiger partial charge in [0.2, 0.25) is 0 Å². The second-order valence-corrected chi connectivity index (χ2v) is 5.33. The fourth-order valence-corrected chi connectivity index (χ4v) is 1.51. The second kappa shape index (κ2) is 18.9. The van der Waals surface area contributed by atoms with Crippen LogP contribution in [0.25, 0.3) is 5.73 Å². The van der Waals surface area contributed by atoms with Crippen molar-refractivity contribution in [2.75, 3.05) is 0 Å². The van der Waals surface area contributed by atoms with Crippen LogP contribution in [0.1, 0.15) is 27.9 Å². The molecule has 0 unspecified atom stereocenters. The van der Waals surface area contributed by atoms with Gasteiger partial charge in [-0.05, 0) is 25.0 Å². The number of hydrogen-bond donors (Lipinski definition) is 0. The molecule has 6 heteroatoms. The van der Waals surface area contributed by atoms with Gasteiger partial charge in [0.05, 0.1) is 5.91 Å². The van der Waals surface area contributed by atoms with E-state index in [0.717, 1.165) is 27.1 Å². The largest absolute Gasteiger partial charge is 4.00 e. The minimum atomic E-state index is -0.597. The zero-order chi connectivity index (χ0) is 14.7. The van der Waals surface area contributed by atoms with Crippen molar-refractivity contribution >= 4 is 15.4 Å². The molecule has 0 aromatic heterocycles. The van der Waals surface area contributed by atoms with Gasteiger partial charge < -0.3 is 35.3 Å². The van der Waals surface area contributed by atoms with E-state index in [4.69, 9.17) is 5.73 Å². The first-order chi connectivity index (χ1) is 9.04. The number of carbonyl (C=O) groups excluding carboxylic acids is 1. The van der Waals surface area contributed by atoms with Crippen molar-refractivity contribution in [2.24, 2.45) is 0 Å². The van der Waals surface area contributed by atoms with Crippen molar-refractivity contribution in [3.05, 3.63) is 64.9 Å². The molecule has 1 radical (unpaired) electrons. The summed E-state index contributed by atoms with van der Waals surface area (Å²) >= 11 is 0. The third kappa shape index (κ3) is 13.5. The van der Waals surface area contributed by atoms with Gasteiger partial charge in [0.25, 0.3) is 0 Å². The summed E-state index contributed by atoms with van der Waals surface area (Å²) in [5.41, 5.74) is 9.26. The van der Waals surface area contributed by atoms with Crippen LogP contribution in [-0.2, 0) is 25.8 Å². The molecule has 0 heterocycles. The summed E-state index contributed by atoms with van der Waals surface area (Å²) in [4.78, 5) is 10.8. The van der Waals surface area contributed by atoms with Crippen LogP contribution in [0.15, 0.2) is 36.4 Å². The molecule has 1 aromatic rings. The molecule has 0 saturated carbocycles. The van der Waals surface area contributed by atoms with Gasteiger partial charge in [0.1, 0.15) is 0 Å². The van der Waals surface area contributed by atoms with Gasteiger partial charge in [-0.2, -0.15) is 6.08 Å². The Morgan fingerprint density at radius 2 is 1.64 bits per heavy atom. The molecule has 119 valence electrons. The van der Waals surface area contributed by atoms with E-state index in [0.29, 0.717) is 5.56 Å². The van der Waals surface area contributed by atoms with Crippen LogP contribution < -0.4 is 24.8 Å². The Labute approximate surface area is 168 Å². The first-order valence-corrected chi connectivity index (χ1v) is 8.63. The average Bonchev–Trinajstić information content (AvgIpc) is 2.87. The van der Waals surface area contributed by atoms with Crippen molar-refractivity contribution in [2.45, 2.75) is 33.4 Å². The maximum atomic E-state index is 10.8. The van der Waals surface area contributed by atoms with Crippen LogP contribution >= 0.6 is 0 Å². The first kappa shape index (κ1) is 29.8. The molecule has 22 heavy (non-hydrogen) atoms. The molecule has 1 amide bonds. The Bertz CT molecular complexity index is 435.